The van der Waals surface area contributed by atoms with Gasteiger partial charge in [-0.25, -0.2) is 0 Å². The summed E-state index contributed by atoms with van der Waals surface area (Å²) in [6, 6.07) is 8.94. The highest BCUT2D eigenvalue weighted by molar-refractivity contribution is 5.79. The molecule has 0 amide bonds. The highest BCUT2D eigenvalue weighted by Crippen LogP contribution is 2.42. The predicted molar refractivity (Wildman–Crippen MR) is 92.1 cm³/mol. The monoisotopic (exact) mass is 302 g/mol. The van der Waals surface area contributed by atoms with Crippen LogP contribution in [0.15, 0.2) is 24.3 Å². The van der Waals surface area contributed by atoms with Gasteiger partial charge in [-0.2, -0.15) is 0 Å². The first-order valence-electron chi connectivity index (χ1n) is 10.9. The average molecular weight is 302 g/mol. The second kappa shape index (κ2) is 7.44. The highest BCUT2D eigenvalue weighted by Gasteiger charge is 2.30. The first kappa shape index (κ1) is 11.4. The van der Waals surface area contributed by atoms with Gasteiger partial charge in [-0.05, 0) is 73.8 Å². The number of ketones is 1. The topological polar surface area (TPSA) is 17.1 Å². The summed E-state index contributed by atoms with van der Waals surface area (Å²) in [6.07, 6.45) is 2.45. The van der Waals surface area contributed by atoms with Crippen LogP contribution >= 0.6 is 0 Å². The SMILES string of the molecule is [2H]C1([2H])C(=O)CCC(C2CCC(c3ccc(CCC)cc3)CC2)C1([2H])[2H]. The van der Waals surface area contributed by atoms with Gasteiger partial charge >= 0.3 is 0 Å². The number of carbonyl (C=O) groups is 1. The van der Waals surface area contributed by atoms with Crippen LogP contribution in [0.1, 0.15) is 87.1 Å². The third kappa shape index (κ3) is 3.80. The lowest BCUT2D eigenvalue weighted by Crippen LogP contribution is -2.25. The molecule has 0 bridgehead atoms. The van der Waals surface area contributed by atoms with Gasteiger partial charge in [-0.1, -0.05) is 37.6 Å². The van der Waals surface area contributed by atoms with Crippen molar-refractivity contribution in [3.8, 4) is 0 Å². The maximum atomic E-state index is 11.9. The van der Waals surface area contributed by atoms with E-state index in [1.165, 1.54) is 11.1 Å². The molecule has 2 aliphatic rings. The van der Waals surface area contributed by atoms with E-state index in [0.29, 0.717) is 12.3 Å². The third-order valence-electron chi connectivity index (χ3n) is 5.41. The minimum atomic E-state index is -2.35. The molecule has 0 saturated heterocycles. The van der Waals surface area contributed by atoms with Crippen molar-refractivity contribution in [2.45, 2.75) is 77.0 Å². The van der Waals surface area contributed by atoms with E-state index in [-0.39, 0.29) is 18.3 Å². The van der Waals surface area contributed by atoms with Crippen LogP contribution in [0.4, 0.5) is 0 Å². The maximum absolute atomic E-state index is 11.9. The largest absolute Gasteiger partial charge is 0.300 e. The summed E-state index contributed by atoms with van der Waals surface area (Å²) in [5, 5.41) is 0. The number of benzene rings is 1. The average Bonchev–Trinajstić information content (AvgIpc) is 2.62. The first-order chi connectivity index (χ1) is 12.3. The van der Waals surface area contributed by atoms with E-state index in [4.69, 9.17) is 5.48 Å². The molecular weight excluding hydrogens is 268 g/mol. The minimum absolute atomic E-state index is 0.177. The van der Waals surface area contributed by atoms with E-state index in [9.17, 15) is 4.79 Å². The molecule has 2 fully saturated rings. The molecule has 0 radical (unpaired) electrons. The number of Topliss-reactive ketones (excluding diaryl/α,β-unsaturated/α-hetero) is 1. The Morgan fingerprint density at radius 1 is 1.05 bits per heavy atom. The van der Waals surface area contributed by atoms with Crippen molar-refractivity contribution in [2.75, 3.05) is 0 Å². The first-order valence-corrected chi connectivity index (χ1v) is 8.89. The van der Waals surface area contributed by atoms with Crippen LogP contribution in [-0.2, 0) is 11.2 Å². The summed E-state index contributed by atoms with van der Waals surface area (Å²) in [5.74, 6) is -0.207. The summed E-state index contributed by atoms with van der Waals surface area (Å²) < 4.78 is 32.5. The lowest BCUT2D eigenvalue weighted by Gasteiger charge is -2.35. The Morgan fingerprint density at radius 3 is 2.45 bits per heavy atom. The molecular formula is C21H30O. The van der Waals surface area contributed by atoms with Gasteiger partial charge < -0.3 is 0 Å². The quantitative estimate of drug-likeness (QED) is 0.700. The molecule has 0 aliphatic heterocycles. The predicted octanol–water partition coefficient (Wildman–Crippen LogP) is 5.67. The summed E-state index contributed by atoms with van der Waals surface area (Å²) in [5.41, 5.74) is 2.76. The zero-order chi connectivity index (χ0) is 18.9. The Balaban J connectivity index is 1.64. The zero-order valence-corrected chi connectivity index (χ0v) is 13.6. The molecule has 1 aromatic rings. The van der Waals surface area contributed by atoms with Crippen molar-refractivity contribution in [2.24, 2.45) is 11.8 Å². The van der Waals surface area contributed by atoms with Crippen LogP contribution in [-0.4, -0.2) is 5.78 Å². The number of rotatable bonds is 4. The van der Waals surface area contributed by atoms with Gasteiger partial charge in [-0.3, -0.25) is 4.79 Å². The number of aryl methyl sites for hydroxylation is 1. The molecule has 22 heavy (non-hydrogen) atoms. The van der Waals surface area contributed by atoms with Crippen LogP contribution in [0.2, 0.25) is 0 Å². The fourth-order valence-electron chi connectivity index (χ4n) is 4.05. The van der Waals surface area contributed by atoms with Crippen LogP contribution < -0.4 is 0 Å². The second-order valence-corrected chi connectivity index (χ2v) is 6.94. The third-order valence-corrected chi connectivity index (χ3v) is 5.41. The van der Waals surface area contributed by atoms with E-state index < -0.39 is 18.5 Å². The van der Waals surface area contributed by atoms with Crippen molar-refractivity contribution in [1.82, 2.24) is 0 Å². The molecule has 1 nitrogen and oxygen atoms in total. The normalized spacial score (nSPS) is 36.8. The fraction of sp³-hybridized carbons (Fsp3) is 0.667. The molecule has 3 rings (SSSR count). The van der Waals surface area contributed by atoms with Crippen molar-refractivity contribution < 1.29 is 10.3 Å². The van der Waals surface area contributed by atoms with Gasteiger partial charge in [0.2, 0.25) is 0 Å². The number of hydrogen-bond acceptors (Lipinski definition) is 1. The van der Waals surface area contributed by atoms with Crippen molar-refractivity contribution in [3.05, 3.63) is 35.4 Å². The molecule has 1 unspecified atom stereocenters. The van der Waals surface area contributed by atoms with Gasteiger partial charge in [0.25, 0.3) is 0 Å². The lowest BCUT2D eigenvalue weighted by molar-refractivity contribution is -0.121. The van der Waals surface area contributed by atoms with Crippen molar-refractivity contribution in [1.29, 1.82) is 0 Å². The summed E-state index contributed by atoms with van der Waals surface area (Å²) >= 11 is 0. The number of carbonyl (C=O) groups excluding carboxylic acids is 1. The number of hydrogen-bond donors (Lipinski definition) is 0. The van der Waals surface area contributed by atoms with E-state index in [1.54, 1.807) is 0 Å². The van der Waals surface area contributed by atoms with Gasteiger partial charge in [0.15, 0.2) is 0 Å². The summed E-state index contributed by atoms with van der Waals surface area (Å²) in [7, 11) is 0. The Bertz CT molecular complexity index is 630. The van der Waals surface area contributed by atoms with Crippen molar-refractivity contribution in [3.63, 3.8) is 0 Å². The van der Waals surface area contributed by atoms with E-state index in [1.807, 2.05) is 0 Å². The molecule has 0 aromatic heterocycles. The summed E-state index contributed by atoms with van der Waals surface area (Å²) in [6.45, 7) is 2.19. The second-order valence-electron chi connectivity index (χ2n) is 6.94. The van der Waals surface area contributed by atoms with Crippen molar-refractivity contribution >= 4 is 5.78 Å². The summed E-state index contributed by atoms with van der Waals surface area (Å²) in [4.78, 5) is 11.9. The van der Waals surface area contributed by atoms with E-state index >= 15 is 0 Å². The van der Waals surface area contributed by atoms with Gasteiger partial charge in [-0.15, -0.1) is 0 Å². The van der Waals surface area contributed by atoms with Crippen LogP contribution in [0, 0.1) is 11.8 Å². The Labute approximate surface area is 141 Å². The van der Waals surface area contributed by atoms with E-state index in [0.717, 1.165) is 38.5 Å². The van der Waals surface area contributed by atoms with Gasteiger partial charge in [0.1, 0.15) is 5.78 Å². The molecule has 2 aliphatic carbocycles. The smallest absolute Gasteiger partial charge is 0.132 e. The maximum Gasteiger partial charge on any atom is 0.132 e. The molecule has 0 N–H and O–H groups in total. The fourth-order valence-corrected chi connectivity index (χ4v) is 4.05. The Kier molecular flexibility index (Phi) is 3.86. The zero-order valence-electron chi connectivity index (χ0n) is 17.6. The van der Waals surface area contributed by atoms with Crippen LogP contribution in [0.25, 0.3) is 0 Å². The standard InChI is InChI=1S/C21H30O/c1-2-3-16-4-6-17(7-5-16)18-8-10-19(11-9-18)20-12-14-21(22)15-13-20/h4-7,18-20H,2-3,8-15H2,1H3/i12D2,14D2. The van der Waals surface area contributed by atoms with Crippen LogP contribution in [0.5, 0.6) is 0 Å². The molecule has 1 heteroatoms. The van der Waals surface area contributed by atoms with Crippen LogP contribution in [0.3, 0.4) is 0 Å². The molecule has 1 atom stereocenters. The molecule has 0 heterocycles. The Morgan fingerprint density at radius 2 is 1.77 bits per heavy atom. The highest BCUT2D eigenvalue weighted by atomic mass is 16.1. The van der Waals surface area contributed by atoms with Gasteiger partial charge in [0, 0.05) is 18.3 Å². The molecule has 2 saturated carbocycles. The minimum Gasteiger partial charge on any atom is -0.300 e. The van der Waals surface area contributed by atoms with E-state index in [2.05, 4.69) is 31.2 Å². The molecule has 0 spiro atoms. The van der Waals surface area contributed by atoms with Gasteiger partial charge in [0.05, 0.1) is 0 Å². The lowest BCUT2D eigenvalue weighted by atomic mass is 9.70. The molecule has 1 aromatic carbocycles. The Hall–Kier alpha value is -1.11. The molecule has 120 valence electrons.